The van der Waals surface area contributed by atoms with E-state index in [4.69, 9.17) is 9.97 Å². The van der Waals surface area contributed by atoms with Gasteiger partial charge in [-0.25, -0.2) is 9.97 Å². The number of nitrogens with one attached hydrogen (secondary N) is 1. The van der Waals surface area contributed by atoms with Crippen LogP contribution in [0.25, 0.3) is 0 Å². The molecule has 1 aromatic rings. The highest BCUT2D eigenvalue weighted by Gasteiger charge is 2.23. The maximum atomic E-state index is 4.75. The molecule has 0 radical (unpaired) electrons. The van der Waals surface area contributed by atoms with Gasteiger partial charge in [0.2, 0.25) is 0 Å². The molecule has 1 unspecified atom stereocenters. The van der Waals surface area contributed by atoms with E-state index < -0.39 is 0 Å². The lowest BCUT2D eigenvalue weighted by Crippen LogP contribution is -2.51. The van der Waals surface area contributed by atoms with Crippen molar-refractivity contribution in [3.63, 3.8) is 0 Å². The summed E-state index contributed by atoms with van der Waals surface area (Å²) in [5.74, 6) is 1.95. The summed E-state index contributed by atoms with van der Waals surface area (Å²) in [6.45, 7) is 8.54. The van der Waals surface area contributed by atoms with Crippen LogP contribution in [0.3, 0.4) is 0 Å². The van der Waals surface area contributed by atoms with Gasteiger partial charge in [-0.2, -0.15) is 0 Å². The van der Waals surface area contributed by atoms with E-state index in [1.54, 1.807) is 0 Å². The van der Waals surface area contributed by atoms with Gasteiger partial charge in [0, 0.05) is 38.6 Å². The number of piperazine rings is 1. The molecule has 1 aliphatic heterocycles. The first-order valence-electron chi connectivity index (χ1n) is 7.67. The molecule has 2 rings (SSSR count). The van der Waals surface area contributed by atoms with Gasteiger partial charge in [0.1, 0.15) is 11.6 Å². The van der Waals surface area contributed by atoms with Gasteiger partial charge in [-0.15, -0.1) is 0 Å². The maximum Gasteiger partial charge on any atom is 0.143 e. The van der Waals surface area contributed by atoms with Crippen molar-refractivity contribution in [3.05, 3.63) is 15.1 Å². The minimum atomic E-state index is 0.502. The monoisotopic (exact) mass is 403 g/mol. The maximum absolute atomic E-state index is 4.75. The van der Waals surface area contributed by atoms with Crippen molar-refractivity contribution < 1.29 is 0 Å². The smallest absolute Gasteiger partial charge is 0.143 e. The number of rotatable bonds is 5. The number of nitrogens with zero attached hydrogens (tertiary/aromatic N) is 4. The van der Waals surface area contributed by atoms with E-state index in [2.05, 4.69) is 65.7 Å². The van der Waals surface area contributed by atoms with Gasteiger partial charge in [-0.3, -0.25) is 0 Å². The van der Waals surface area contributed by atoms with Crippen molar-refractivity contribution in [2.75, 3.05) is 45.6 Å². The molecule has 1 atom stereocenters. The number of hydrogen-bond donors (Lipinski definition) is 1. The Labute approximate surface area is 141 Å². The van der Waals surface area contributed by atoms with Gasteiger partial charge in [0.25, 0.3) is 0 Å². The van der Waals surface area contributed by atoms with Crippen molar-refractivity contribution in [3.8, 4) is 0 Å². The zero-order valence-corrected chi connectivity index (χ0v) is 15.6. The second kappa shape index (κ2) is 7.69. The molecule has 1 fully saturated rings. The average molecular weight is 403 g/mol. The zero-order chi connectivity index (χ0) is 15.4. The fraction of sp³-hybridized carbons (Fsp3) is 0.733. The summed E-state index contributed by atoms with van der Waals surface area (Å²) in [6, 6.07) is 0.502. The molecule has 118 valence electrons. The third-order valence-corrected chi connectivity index (χ3v) is 5.30. The van der Waals surface area contributed by atoms with E-state index in [9.17, 15) is 0 Å². The molecule has 0 bridgehead atoms. The van der Waals surface area contributed by atoms with Crippen molar-refractivity contribution in [2.24, 2.45) is 0 Å². The Hall–Kier alpha value is -0.470. The molecular formula is C15H26IN5. The molecule has 1 aliphatic rings. The lowest BCUT2D eigenvalue weighted by atomic mass is 10.1. The highest BCUT2D eigenvalue weighted by Crippen LogP contribution is 2.20. The summed E-state index contributed by atoms with van der Waals surface area (Å²) >= 11 is 2.33. The largest absolute Gasteiger partial charge is 0.369 e. The standard InChI is InChI=1S/C15H26IN5/c1-5-6-17-15-14(16)11(2)18-13(19-15)9-12-10-20(3)7-8-21(12)4/h12H,5-10H2,1-4H3,(H,17,18,19). The van der Waals surface area contributed by atoms with Crippen LogP contribution in [0.5, 0.6) is 0 Å². The molecule has 2 heterocycles. The minimum absolute atomic E-state index is 0.502. The summed E-state index contributed by atoms with van der Waals surface area (Å²) < 4.78 is 1.14. The molecule has 21 heavy (non-hydrogen) atoms. The predicted octanol–water partition coefficient (Wildman–Crippen LogP) is 2.00. The van der Waals surface area contributed by atoms with Crippen LogP contribution in [-0.4, -0.2) is 66.1 Å². The van der Waals surface area contributed by atoms with Crippen LogP contribution in [0.15, 0.2) is 0 Å². The Morgan fingerprint density at radius 3 is 2.76 bits per heavy atom. The molecule has 5 nitrogen and oxygen atoms in total. The van der Waals surface area contributed by atoms with E-state index >= 15 is 0 Å². The molecule has 0 saturated carbocycles. The number of likely N-dealkylation sites (N-methyl/N-ethyl adjacent to an activating group) is 2. The van der Waals surface area contributed by atoms with E-state index in [1.807, 2.05) is 0 Å². The summed E-state index contributed by atoms with van der Waals surface area (Å²) in [6.07, 6.45) is 2.02. The van der Waals surface area contributed by atoms with Crippen LogP contribution in [0, 0.1) is 10.5 Å². The lowest BCUT2D eigenvalue weighted by molar-refractivity contribution is 0.113. The van der Waals surface area contributed by atoms with Crippen LogP contribution in [0.2, 0.25) is 0 Å². The normalized spacial score (nSPS) is 20.7. The van der Waals surface area contributed by atoms with E-state index in [1.165, 1.54) is 0 Å². The zero-order valence-electron chi connectivity index (χ0n) is 13.5. The Balaban J connectivity index is 2.13. The average Bonchev–Trinajstić information content (AvgIpc) is 2.45. The van der Waals surface area contributed by atoms with Gasteiger partial charge in [-0.05, 0) is 50.0 Å². The first kappa shape index (κ1) is 16.9. The molecule has 1 N–H and O–H groups in total. The Bertz CT molecular complexity index is 479. The van der Waals surface area contributed by atoms with Crippen LogP contribution >= 0.6 is 22.6 Å². The molecule has 0 spiro atoms. The first-order chi connectivity index (χ1) is 10.0. The summed E-state index contributed by atoms with van der Waals surface area (Å²) in [4.78, 5) is 14.3. The fourth-order valence-electron chi connectivity index (χ4n) is 2.60. The Morgan fingerprint density at radius 2 is 2.05 bits per heavy atom. The Kier molecular flexibility index (Phi) is 6.19. The van der Waals surface area contributed by atoms with Gasteiger partial charge in [0.15, 0.2) is 0 Å². The van der Waals surface area contributed by atoms with Crippen molar-refractivity contribution in [1.29, 1.82) is 0 Å². The number of hydrogen-bond acceptors (Lipinski definition) is 5. The van der Waals surface area contributed by atoms with Gasteiger partial charge >= 0.3 is 0 Å². The number of anilines is 1. The fourth-order valence-corrected chi connectivity index (χ4v) is 3.03. The summed E-state index contributed by atoms with van der Waals surface area (Å²) in [7, 11) is 4.39. The second-order valence-corrected chi connectivity index (χ2v) is 6.99. The molecule has 1 aromatic heterocycles. The van der Waals surface area contributed by atoms with Crippen molar-refractivity contribution in [2.45, 2.75) is 32.7 Å². The molecule has 0 aromatic carbocycles. The first-order valence-corrected chi connectivity index (χ1v) is 8.74. The Morgan fingerprint density at radius 1 is 1.29 bits per heavy atom. The van der Waals surface area contributed by atoms with Crippen LogP contribution < -0.4 is 5.32 Å². The summed E-state index contributed by atoms with van der Waals surface area (Å²) in [5, 5.41) is 3.42. The lowest BCUT2D eigenvalue weighted by Gasteiger charge is -2.37. The predicted molar refractivity (Wildman–Crippen MR) is 95.9 cm³/mol. The van der Waals surface area contributed by atoms with Crippen LogP contribution in [-0.2, 0) is 6.42 Å². The van der Waals surface area contributed by atoms with Gasteiger partial charge in [-0.1, -0.05) is 6.92 Å². The number of aromatic nitrogens is 2. The van der Waals surface area contributed by atoms with Gasteiger partial charge in [0.05, 0.1) is 9.26 Å². The number of halogens is 1. The van der Waals surface area contributed by atoms with Crippen molar-refractivity contribution in [1.82, 2.24) is 19.8 Å². The molecule has 0 amide bonds. The third-order valence-electron chi connectivity index (χ3n) is 4.00. The van der Waals surface area contributed by atoms with Gasteiger partial charge < -0.3 is 15.1 Å². The topological polar surface area (TPSA) is 44.3 Å². The quantitative estimate of drug-likeness (QED) is 0.763. The molecule has 0 aliphatic carbocycles. The number of aryl methyl sites for hydroxylation is 1. The van der Waals surface area contributed by atoms with E-state index in [0.717, 1.165) is 59.9 Å². The van der Waals surface area contributed by atoms with E-state index in [-0.39, 0.29) is 0 Å². The van der Waals surface area contributed by atoms with Crippen molar-refractivity contribution >= 4 is 28.4 Å². The highest BCUT2D eigenvalue weighted by atomic mass is 127. The van der Waals surface area contributed by atoms with Crippen LogP contribution in [0.1, 0.15) is 24.9 Å². The SMILES string of the molecule is CCCNc1nc(CC2CN(C)CCN2C)nc(C)c1I. The van der Waals surface area contributed by atoms with Crippen LogP contribution in [0.4, 0.5) is 5.82 Å². The van der Waals surface area contributed by atoms with E-state index in [0.29, 0.717) is 6.04 Å². The molecule has 1 saturated heterocycles. The highest BCUT2D eigenvalue weighted by molar-refractivity contribution is 14.1. The third kappa shape index (κ3) is 4.50. The second-order valence-electron chi connectivity index (χ2n) is 5.92. The summed E-state index contributed by atoms with van der Waals surface area (Å²) in [5.41, 5.74) is 1.08. The molecular weight excluding hydrogens is 377 g/mol. The minimum Gasteiger partial charge on any atom is -0.369 e. The molecule has 6 heteroatoms.